The van der Waals surface area contributed by atoms with Crippen molar-refractivity contribution in [3.05, 3.63) is 12.7 Å². The number of hydrogen-bond donors (Lipinski definition) is 8. The van der Waals surface area contributed by atoms with E-state index in [1.807, 2.05) is 0 Å². The third-order valence-electron chi connectivity index (χ3n) is 3.61. The van der Waals surface area contributed by atoms with Gasteiger partial charge in [-0.2, -0.15) is 4.31 Å². The summed E-state index contributed by atoms with van der Waals surface area (Å²) < 4.78 is 60.0. The summed E-state index contributed by atoms with van der Waals surface area (Å²) in [7, 11) is -10.4. The van der Waals surface area contributed by atoms with Gasteiger partial charge in [-0.1, -0.05) is 0 Å². The Balaban J connectivity index is 0.000000785. The minimum atomic E-state index is -5.29. The molecule has 0 radical (unpaired) electrons. The molecule has 1 aliphatic heterocycles. The SMILES string of the molecule is Nc1ncnc2c1ncn2[C@@H]1O[C@H](COP(=O)(O)OP(=O)(O)O)[C@@H](O)[C@H]1O.[O]=[V]([OH])[OH]. The fourth-order valence-electron chi connectivity index (χ4n) is 2.48. The minimum absolute atomic E-state index is 0.0856. The van der Waals surface area contributed by atoms with Crippen LogP contribution in [-0.2, 0) is 42.2 Å². The van der Waals surface area contributed by atoms with Crippen molar-refractivity contribution >= 4 is 32.6 Å². The molecule has 18 nitrogen and oxygen atoms in total. The Morgan fingerprint density at radius 1 is 1.16 bits per heavy atom. The topological polar surface area (TPSA) is 290 Å². The maximum atomic E-state index is 11.5. The average molecular weight is 528 g/mol. The first kappa shape index (κ1) is 26.0. The molecule has 0 spiro atoms. The number of hydrogen-bond acceptors (Lipinski definition) is 12. The average Bonchev–Trinajstić information content (AvgIpc) is 3.14. The van der Waals surface area contributed by atoms with Crippen LogP contribution in [0, 0.1) is 0 Å². The van der Waals surface area contributed by atoms with Crippen molar-refractivity contribution in [2.45, 2.75) is 24.5 Å². The van der Waals surface area contributed by atoms with Crippen molar-refractivity contribution in [1.29, 1.82) is 0 Å². The first-order valence-electron chi connectivity index (χ1n) is 7.75. The molecular weight excluding hydrogens is 511 g/mol. The van der Waals surface area contributed by atoms with E-state index >= 15 is 0 Å². The Kier molecular flexibility index (Phi) is 8.54. The van der Waals surface area contributed by atoms with Gasteiger partial charge in [-0.25, -0.2) is 24.1 Å². The Bertz CT molecular complexity index is 1030. The summed E-state index contributed by atoms with van der Waals surface area (Å²) in [5.74, 6) is 0.0856. The van der Waals surface area contributed by atoms with E-state index < -0.39 is 62.6 Å². The number of fused-ring (bicyclic) bond motifs is 1. The van der Waals surface area contributed by atoms with Gasteiger partial charge in [0.05, 0.1) is 12.9 Å². The van der Waals surface area contributed by atoms with Crippen LogP contribution in [-0.4, -0.2) is 77.4 Å². The maximum absolute atomic E-state index is 11.5. The number of nitrogens with zero attached hydrogens (tertiary/aromatic N) is 4. The molecule has 1 saturated heterocycles. The quantitative estimate of drug-likeness (QED) is 0.173. The van der Waals surface area contributed by atoms with Crippen molar-refractivity contribution in [2.75, 3.05) is 12.3 Å². The van der Waals surface area contributed by atoms with Crippen molar-refractivity contribution in [3.8, 4) is 0 Å². The summed E-state index contributed by atoms with van der Waals surface area (Å²) >= 11 is -3.44. The molecule has 0 saturated carbocycles. The summed E-state index contributed by atoms with van der Waals surface area (Å²) in [6.07, 6.45) is -3.20. The molecule has 0 amide bonds. The van der Waals surface area contributed by atoms with Gasteiger partial charge in [-0.15, -0.1) is 0 Å². The molecule has 5 atom stereocenters. The Hall–Kier alpha value is -1.21. The van der Waals surface area contributed by atoms with E-state index in [1.165, 1.54) is 10.9 Å². The summed E-state index contributed by atoms with van der Waals surface area (Å²) in [6, 6.07) is 0. The van der Waals surface area contributed by atoms with E-state index in [0.29, 0.717) is 0 Å². The summed E-state index contributed by atoms with van der Waals surface area (Å²) in [6.45, 7) is -0.813. The molecule has 175 valence electrons. The molecule has 2 aromatic rings. The fourth-order valence-corrected chi connectivity index (χ4v) is 4.08. The van der Waals surface area contributed by atoms with Gasteiger partial charge in [0.25, 0.3) is 0 Å². The van der Waals surface area contributed by atoms with Crippen LogP contribution in [0.5, 0.6) is 0 Å². The second kappa shape index (κ2) is 10.2. The first-order chi connectivity index (χ1) is 14.2. The molecule has 31 heavy (non-hydrogen) atoms. The van der Waals surface area contributed by atoms with Crippen LogP contribution in [0.4, 0.5) is 5.82 Å². The zero-order valence-corrected chi connectivity index (χ0v) is 18.1. The molecule has 0 bridgehead atoms. The van der Waals surface area contributed by atoms with Crippen LogP contribution >= 0.6 is 15.6 Å². The zero-order valence-electron chi connectivity index (χ0n) is 15.0. The molecule has 3 rings (SSSR count). The van der Waals surface area contributed by atoms with Gasteiger partial charge in [0.15, 0.2) is 17.7 Å². The predicted molar refractivity (Wildman–Crippen MR) is 89.7 cm³/mol. The van der Waals surface area contributed by atoms with Crippen molar-refractivity contribution < 1.29 is 75.1 Å². The normalized spacial score (nSPS) is 25.6. The number of phosphoric ester groups is 1. The number of aromatic nitrogens is 4. The predicted octanol–water partition coefficient (Wildman–Crippen LogP) is -2.98. The van der Waals surface area contributed by atoms with Crippen LogP contribution in [0.25, 0.3) is 11.2 Å². The molecule has 1 fully saturated rings. The number of nitrogen functional groups attached to an aromatic ring is 1. The van der Waals surface area contributed by atoms with Gasteiger partial charge in [0, 0.05) is 0 Å². The van der Waals surface area contributed by atoms with Crippen molar-refractivity contribution in [1.82, 2.24) is 19.5 Å². The van der Waals surface area contributed by atoms with Crippen LogP contribution in [0.15, 0.2) is 12.7 Å². The summed E-state index contributed by atoms with van der Waals surface area (Å²) in [5, 5.41) is 20.3. The van der Waals surface area contributed by atoms with E-state index in [0.717, 1.165) is 6.33 Å². The van der Waals surface area contributed by atoms with Gasteiger partial charge in [0.2, 0.25) is 0 Å². The number of ether oxygens (including phenoxy) is 1. The second-order valence-corrected chi connectivity index (χ2v) is 9.34. The van der Waals surface area contributed by atoms with Gasteiger partial charge >= 0.3 is 43.2 Å². The summed E-state index contributed by atoms with van der Waals surface area (Å²) in [4.78, 5) is 38.1. The molecule has 1 unspecified atom stereocenters. The number of phosphoric acid groups is 2. The van der Waals surface area contributed by atoms with Gasteiger partial charge in [0.1, 0.15) is 30.2 Å². The first-order valence-corrected chi connectivity index (χ1v) is 12.6. The molecular formula is C10H17N5O13P2V. The molecule has 21 heteroatoms. The molecule has 3 heterocycles. The molecule has 2 aromatic heterocycles. The monoisotopic (exact) mass is 528 g/mol. The van der Waals surface area contributed by atoms with Crippen LogP contribution in [0.2, 0.25) is 0 Å². The number of imidazole rings is 1. The second-order valence-electron chi connectivity index (χ2n) is 5.72. The summed E-state index contributed by atoms with van der Waals surface area (Å²) in [5.41, 5.74) is 6.11. The Morgan fingerprint density at radius 3 is 2.35 bits per heavy atom. The van der Waals surface area contributed by atoms with Gasteiger partial charge in [-0.05, 0) is 0 Å². The van der Waals surface area contributed by atoms with Crippen molar-refractivity contribution in [3.63, 3.8) is 0 Å². The van der Waals surface area contributed by atoms with Gasteiger partial charge in [-0.3, -0.25) is 9.09 Å². The molecule has 0 aromatic carbocycles. The molecule has 1 aliphatic rings. The number of rotatable bonds is 6. The van der Waals surface area contributed by atoms with E-state index in [4.69, 9.17) is 32.0 Å². The third-order valence-corrected chi connectivity index (χ3v) is 5.76. The molecule has 9 N–H and O–H groups in total. The van der Waals surface area contributed by atoms with Crippen LogP contribution in [0.1, 0.15) is 6.23 Å². The number of nitrogens with two attached hydrogens (primary N) is 1. The van der Waals surface area contributed by atoms with E-state index in [2.05, 4.69) is 23.8 Å². The van der Waals surface area contributed by atoms with E-state index in [1.54, 1.807) is 0 Å². The Morgan fingerprint density at radius 2 is 1.77 bits per heavy atom. The molecule has 0 aliphatic carbocycles. The van der Waals surface area contributed by atoms with Crippen LogP contribution in [0.3, 0.4) is 0 Å². The number of anilines is 1. The Labute approximate surface area is 177 Å². The van der Waals surface area contributed by atoms with Gasteiger partial charge < -0.3 is 35.4 Å². The fraction of sp³-hybridized carbons (Fsp3) is 0.500. The standard InChI is InChI=1S/C10H15N5O10P2.2H2O.O.V/c11-8-5-9(13-2-12-8)15(3-14-5)10-7(17)6(16)4(24-10)1-23-27(21,22)25-26(18,19)20;;;;/h2-4,6-7,10,16-17H,1H2,(H,21,22)(H2,11,12,13)(H2,18,19,20);2*1H2;;/q;;;;+2/p-2/t4-,6-,7-,10-;;;;/m1..../s1. The van der Waals surface area contributed by atoms with Crippen LogP contribution < -0.4 is 5.73 Å². The van der Waals surface area contributed by atoms with E-state index in [9.17, 15) is 24.2 Å². The zero-order chi connectivity index (χ0) is 23.6. The van der Waals surface area contributed by atoms with Crippen molar-refractivity contribution in [2.24, 2.45) is 0 Å². The third kappa shape index (κ3) is 7.14. The van der Waals surface area contributed by atoms with E-state index in [-0.39, 0.29) is 17.0 Å². The number of aliphatic hydroxyl groups is 2. The number of aliphatic hydroxyl groups excluding tert-OH is 2.